The highest BCUT2D eigenvalue weighted by atomic mass is 16.5. The third-order valence-electron chi connectivity index (χ3n) is 3.03. The van der Waals surface area contributed by atoms with E-state index in [2.05, 4.69) is 11.4 Å². The van der Waals surface area contributed by atoms with Crippen molar-refractivity contribution < 1.29 is 9.53 Å². The van der Waals surface area contributed by atoms with Gasteiger partial charge in [0, 0.05) is 5.69 Å². The third kappa shape index (κ3) is 3.31. The molecule has 0 aliphatic rings. The number of carbonyl (C=O) groups is 1. The summed E-state index contributed by atoms with van der Waals surface area (Å²) in [4.78, 5) is 12.2. The maximum Gasteiger partial charge on any atom is 0.257 e. The standard InChI is InChI=1S/C16H15N3O2/c1-21-14-4-2-3-13(15(14)18)16(20)19-12-7-5-11(6-8-12)9-10-17/h2-8H,9,18H2,1H3,(H,19,20). The number of nitrogens with zero attached hydrogens (tertiary/aromatic N) is 1. The quantitative estimate of drug-likeness (QED) is 0.843. The van der Waals surface area contributed by atoms with Crippen LogP contribution in [0.3, 0.4) is 0 Å². The summed E-state index contributed by atoms with van der Waals surface area (Å²) in [5.41, 5.74) is 8.09. The van der Waals surface area contributed by atoms with Gasteiger partial charge in [0.25, 0.3) is 5.91 Å². The molecule has 106 valence electrons. The first-order chi connectivity index (χ1) is 10.2. The van der Waals surface area contributed by atoms with E-state index in [0.29, 0.717) is 29.1 Å². The van der Waals surface area contributed by atoms with E-state index in [1.165, 1.54) is 7.11 Å². The average molecular weight is 281 g/mol. The molecule has 0 radical (unpaired) electrons. The second-order valence-corrected chi connectivity index (χ2v) is 4.41. The van der Waals surface area contributed by atoms with E-state index in [-0.39, 0.29) is 5.91 Å². The number of para-hydroxylation sites is 1. The van der Waals surface area contributed by atoms with Crippen LogP contribution in [0, 0.1) is 11.3 Å². The summed E-state index contributed by atoms with van der Waals surface area (Å²) in [6.07, 6.45) is 0.344. The normalized spacial score (nSPS) is 9.71. The largest absolute Gasteiger partial charge is 0.495 e. The van der Waals surface area contributed by atoms with Crippen molar-refractivity contribution in [1.29, 1.82) is 5.26 Å². The Morgan fingerprint density at radius 3 is 2.62 bits per heavy atom. The lowest BCUT2D eigenvalue weighted by molar-refractivity contribution is 0.102. The van der Waals surface area contributed by atoms with Gasteiger partial charge < -0.3 is 15.8 Å². The Labute approximate surface area is 123 Å². The van der Waals surface area contributed by atoms with E-state index in [4.69, 9.17) is 15.7 Å². The van der Waals surface area contributed by atoms with Crippen LogP contribution in [0.2, 0.25) is 0 Å². The van der Waals surface area contributed by atoms with Gasteiger partial charge in [0.2, 0.25) is 0 Å². The lowest BCUT2D eigenvalue weighted by Crippen LogP contribution is -2.14. The van der Waals surface area contributed by atoms with Crippen LogP contribution in [0.1, 0.15) is 15.9 Å². The number of benzene rings is 2. The molecule has 3 N–H and O–H groups in total. The first-order valence-corrected chi connectivity index (χ1v) is 6.35. The number of hydrogen-bond donors (Lipinski definition) is 2. The highest BCUT2D eigenvalue weighted by Gasteiger charge is 2.13. The molecule has 2 aromatic rings. The minimum atomic E-state index is -0.306. The molecule has 5 nitrogen and oxygen atoms in total. The number of hydrogen-bond acceptors (Lipinski definition) is 4. The molecule has 0 saturated carbocycles. The maximum atomic E-state index is 12.2. The molecule has 5 heteroatoms. The lowest BCUT2D eigenvalue weighted by Gasteiger charge is -2.10. The number of nitrogen functional groups attached to an aromatic ring is 1. The molecule has 0 aliphatic heterocycles. The van der Waals surface area contributed by atoms with Gasteiger partial charge in [0.15, 0.2) is 0 Å². The summed E-state index contributed by atoms with van der Waals surface area (Å²) in [6, 6.07) is 14.2. The predicted octanol–water partition coefficient (Wildman–Crippen LogP) is 2.60. The van der Waals surface area contributed by atoms with Gasteiger partial charge in [-0.15, -0.1) is 0 Å². The molecule has 0 unspecified atom stereocenters. The van der Waals surface area contributed by atoms with Crippen LogP contribution in [0.5, 0.6) is 5.75 Å². The van der Waals surface area contributed by atoms with Crippen molar-refractivity contribution in [3.63, 3.8) is 0 Å². The zero-order valence-corrected chi connectivity index (χ0v) is 11.6. The fraction of sp³-hybridized carbons (Fsp3) is 0.125. The molecule has 0 spiro atoms. The van der Waals surface area contributed by atoms with Crippen LogP contribution in [0.25, 0.3) is 0 Å². The molecule has 21 heavy (non-hydrogen) atoms. The number of amides is 1. The fourth-order valence-electron chi connectivity index (χ4n) is 1.92. The first kappa shape index (κ1) is 14.4. The Kier molecular flexibility index (Phi) is 4.42. The van der Waals surface area contributed by atoms with Crippen LogP contribution < -0.4 is 15.8 Å². The van der Waals surface area contributed by atoms with Crippen LogP contribution >= 0.6 is 0 Å². The molecule has 0 heterocycles. The molecule has 0 fully saturated rings. The van der Waals surface area contributed by atoms with E-state index >= 15 is 0 Å². The highest BCUT2D eigenvalue weighted by molar-refractivity contribution is 6.08. The van der Waals surface area contributed by atoms with Crippen molar-refractivity contribution in [3.05, 3.63) is 53.6 Å². The SMILES string of the molecule is COc1cccc(C(=O)Nc2ccc(CC#N)cc2)c1N. The zero-order valence-electron chi connectivity index (χ0n) is 11.6. The zero-order chi connectivity index (χ0) is 15.2. The summed E-state index contributed by atoms with van der Waals surface area (Å²) in [5.74, 6) is 0.159. The van der Waals surface area contributed by atoms with Gasteiger partial charge in [-0.1, -0.05) is 18.2 Å². The van der Waals surface area contributed by atoms with Gasteiger partial charge in [0.05, 0.1) is 30.9 Å². The molecular weight excluding hydrogens is 266 g/mol. The van der Waals surface area contributed by atoms with Crippen molar-refractivity contribution in [3.8, 4) is 11.8 Å². The number of methoxy groups -OCH3 is 1. The van der Waals surface area contributed by atoms with E-state index in [0.717, 1.165) is 5.56 Å². The van der Waals surface area contributed by atoms with Crippen LogP contribution in [-0.2, 0) is 6.42 Å². The topological polar surface area (TPSA) is 88.1 Å². The highest BCUT2D eigenvalue weighted by Crippen LogP contribution is 2.25. The minimum Gasteiger partial charge on any atom is -0.495 e. The van der Waals surface area contributed by atoms with E-state index in [1.54, 1.807) is 42.5 Å². The Morgan fingerprint density at radius 2 is 2.00 bits per heavy atom. The van der Waals surface area contributed by atoms with Crippen molar-refractivity contribution in [2.75, 3.05) is 18.2 Å². The number of carbonyl (C=O) groups excluding carboxylic acids is 1. The van der Waals surface area contributed by atoms with Crippen molar-refractivity contribution in [2.24, 2.45) is 0 Å². The molecule has 0 saturated heterocycles. The Morgan fingerprint density at radius 1 is 1.29 bits per heavy atom. The van der Waals surface area contributed by atoms with E-state index in [9.17, 15) is 4.79 Å². The second-order valence-electron chi connectivity index (χ2n) is 4.41. The number of nitriles is 1. The Bertz CT molecular complexity index is 688. The van der Waals surface area contributed by atoms with E-state index in [1.807, 2.05) is 0 Å². The number of anilines is 2. The van der Waals surface area contributed by atoms with Crippen LogP contribution in [0.4, 0.5) is 11.4 Å². The number of nitrogens with two attached hydrogens (primary N) is 1. The van der Waals surface area contributed by atoms with Gasteiger partial charge in [-0.05, 0) is 29.8 Å². The summed E-state index contributed by atoms with van der Waals surface area (Å²) in [5, 5.41) is 11.4. The monoisotopic (exact) mass is 281 g/mol. The molecular formula is C16H15N3O2. The average Bonchev–Trinajstić information content (AvgIpc) is 2.49. The molecule has 0 aliphatic carbocycles. The van der Waals surface area contributed by atoms with Crippen molar-refractivity contribution in [2.45, 2.75) is 6.42 Å². The molecule has 0 bridgehead atoms. The Balaban J connectivity index is 2.16. The second kappa shape index (κ2) is 6.44. The first-order valence-electron chi connectivity index (χ1n) is 6.35. The fourth-order valence-corrected chi connectivity index (χ4v) is 1.92. The number of ether oxygens (including phenoxy) is 1. The summed E-state index contributed by atoms with van der Waals surface area (Å²) in [6.45, 7) is 0. The van der Waals surface area contributed by atoms with Gasteiger partial charge >= 0.3 is 0 Å². The smallest absolute Gasteiger partial charge is 0.257 e. The van der Waals surface area contributed by atoms with Gasteiger partial charge in [-0.25, -0.2) is 0 Å². The summed E-state index contributed by atoms with van der Waals surface area (Å²) < 4.78 is 5.09. The predicted molar refractivity (Wildman–Crippen MR) is 81.1 cm³/mol. The lowest BCUT2D eigenvalue weighted by atomic mass is 10.1. The molecule has 2 aromatic carbocycles. The van der Waals surface area contributed by atoms with E-state index < -0.39 is 0 Å². The van der Waals surface area contributed by atoms with Crippen molar-refractivity contribution in [1.82, 2.24) is 0 Å². The minimum absolute atomic E-state index is 0.304. The Hall–Kier alpha value is -3.00. The maximum absolute atomic E-state index is 12.2. The van der Waals surface area contributed by atoms with Crippen LogP contribution in [-0.4, -0.2) is 13.0 Å². The van der Waals surface area contributed by atoms with Crippen LogP contribution in [0.15, 0.2) is 42.5 Å². The molecule has 1 amide bonds. The molecule has 0 atom stereocenters. The summed E-state index contributed by atoms with van der Waals surface area (Å²) in [7, 11) is 1.50. The number of nitrogens with one attached hydrogen (secondary N) is 1. The molecule has 2 rings (SSSR count). The van der Waals surface area contributed by atoms with Gasteiger partial charge in [-0.2, -0.15) is 5.26 Å². The number of rotatable bonds is 4. The summed E-state index contributed by atoms with van der Waals surface area (Å²) >= 11 is 0. The van der Waals surface area contributed by atoms with Gasteiger partial charge in [0.1, 0.15) is 5.75 Å². The molecule has 0 aromatic heterocycles. The van der Waals surface area contributed by atoms with Crippen molar-refractivity contribution >= 4 is 17.3 Å². The van der Waals surface area contributed by atoms with Gasteiger partial charge in [-0.3, -0.25) is 4.79 Å². The third-order valence-corrected chi connectivity index (χ3v) is 3.03.